The van der Waals surface area contributed by atoms with Gasteiger partial charge in [0.25, 0.3) is 0 Å². The van der Waals surface area contributed by atoms with Crippen molar-refractivity contribution in [3.8, 4) is 78.6 Å². The maximum atomic E-state index is 11.4. The summed E-state index contributed by atoms with van der Waals surface area (Å²) in [5.41, 5.74) is 15.0. The van der Waals surface area contributed by atoms with E-state index in [1.54, 1.807) is 6.07 Å². The highest BCUT2D eigenvalue weighted by molar-refractivity contribution is 5.98. The van der Waals surface area contributed by atoms with Crippen LogP contribution in [0.3, 0.4) is 0 Å². The van der Waals surface area contributed by atoms with Crippen molar-refractivity contribution in [3.63, 3.8) is 0 Å². The number of aromatic hydroxyl groups is 1. The maximum absolute atomic E-state index is 11.4. The molecule has 9 rings (SSSR count). The quantitative estimate of drug-likeness (QED) is 0.160. The smallest absolute Gasteiger partial charge is 0.149 e. The second kappa shape index (κ2) is 15.5. The molecule has 0 aliphatic rings. The average Bonchev–Trinajstić information content (AvgIpc) is 3.66. The molecule has 1 N–H and O–H groups in total. The fourth-order valence-corrected chi connectivity index (χ4v) is 7.80. The van der Waals surface area contributed by atoms with Crippen molar-refractivity contribution >= 4 is 11.0 Å². The molecule has 0 atom stereocenters. The Kier molecular flexibility index (Phi) is 9.13. The van der Waals surface area contributed by atoms with Gasteiger partial charge < -0.3 is 5.11 Å². The highest BCUT2D eigenvalue weighted by Crippen LogP contribution is 2.42. The highest BCUT2D eigenvalue weighted by atomic mass is 16.3. The van der Waals surface area contributed by atoms with Gasteiger partial charge in [0.1, 0.15) is 11.6 Å². The molecule has 0 unspecified atom stereocenters. The van der Waals surface area contributed by atoms with Crippen molar-refractivity contribution in [3.05, 3.63) is 193 Å². The summed E-state index contributed by atoms with van der Waals surface area (Å²) >= 11 is 0. The molecule has 0 fully saturated rings. The lowest BCUT2D eigenvalue weighted by atomic mass is 9.93. The van der Waals surface area contributed by atoms with E-state index in [-0.39, 0.29) is 5.75 Å². The number of nitrogens with zero attached hydrogens (tertiary/aromatic N) is 3. The van der Waals surface area contributed by atoms with Gasteiger partial charge in [-0.05, 0) is 117 Å². The summed E-state index contributed by atoms with van der Waals surface area (Å²) in [7, 11) is 0. The monoisotopic (exact) mass is 753 g/mol. The number of phenols is 1. The number of pyridine rings is 1. The van der Waals surface area contributed by atoms with Crippen LogP contribution in [0.15, 0.2) is 182 Å². The first-order valence-electron chi connectivity index (χ1n) is 20.7. The Morgan fingerprint density at radius 1 is 0.483 bits per heavy atom. The van der Waals surface area contributed by atoms with Crippen LogP contribution in [-0.2, 0) is 0 Å². The summed E-state index contributed by atoms with van der Waals surface area (Å²) in [5.74, 6) is -0.741. The molecule has 4 nitrogen and oxygen atoms in total. The number of hydrogen-bond acceptors (Lipinski definition) is 3. The van der Waals surface area contributed by atoms with Gasteiger partial charge in [0, 0.05) is 25.6 Å². The average molecular weight is 754 g/mol. The summed E-state index contributed by atoms with van der Waals surface area (Å²) in [6, 6.07) is 59.5. The van der Waals surface area contributed by atoms with E-state index in [1.165, 1.54) is 0 Å². The first kappa shape index (κ1) is 34.2. The second-order valence-corrected chi connectivity index (χ2v) is 15.2. The third-order valence-corrected chi connectivity index (χ3v) is 10.9. The molecule has 282 valence electrons. The Labute approximate surface area is 343 Å². The molecule has 0 aliphatic carbocycles. The van der Waals surface area contributed by atoms with Crippen LogP contribution in [0, 0.1) is 0 Å². The molecule has 2 heterocycles. The number of para-hydroxylation sites is 2. The van der Waals surface area contributed by atoms with Crippen molar-refractivity contribution in [1.29, 1.82) is 0 Å². The van der Waals surface area contributed by atoms with Crippen LogP contribution in [0.25, 0.3) is 83.9 Å². The van der Waals surface area contributed by atoms with E-state index in [1.807, 2.05) is 101 Å². The summed E-state index contributed by atoms with van der Waals surface area (Å²) in [6.45, 7) is 7.62. The Morgan fingerprint density at radius 3 is 1.83 bits per heavy atom. The molecule has 0 bridgehead atoms. The maximum Gasteiger partial charge on any atom is 0.149 e. The van der Waals surface area contributed by atoms with Crippen LogP contribution >= 0.6 is 0 Å². The molecular formula is C54H45N3O. The molecule has 2 aromatic heterocycles. The summed E-state index contributed by atoms with van der Waals surface area (Å²) in [4.78, 5) is 10.3. The minimum Gasteiger partial charge on any atom is -0.507 e. The third-order valence-electron chi connectivity index (χ3n) is 10.9. The van der Waals surface area contributed by atoms with Gasteiger partial charge in [-0.15, -0.1) is 0 Å². The van der Waals surface area contributed by atoms with E-state index < -0.39 is 11.8 Å². The van der Waals surface area contributed by atoms with Crippen LogP contribution in [0.1, 0.15) is 53.4 Å². The van der Waals surface area contributed by atoms with E-state index in [0.717, 1.165) is 83.6 Å². The molecular weight excluding hydrogens is 707 g/mol. The van der Waals surface area contributed by atoms with Crippen molar-refractivity contribution in [2.45, 2.75) is 39.5 Å². The molecule has 9 aromatic rings. The van der Waals surface area contributed by atoms with Gasteiger partial charge in [0.15, 0.2) is 0 Å². The van der Waals surface area contributed by atoms with Crippen molar-refractivity contribution in [2.24, 2.45) is 0 Å². The fourth-order valence-electron chi connectivity index (χ4n) is 7.80. The number of phenolic OH excluding ortho intramolecular Hbond substituents is 1. The van der Waals surface area contributed by atoms with Gasteiger partial charge >= 0.3 is 0 Å². The van der Waals surface area contributed by atoms with Crippen LogP contribution in [0.2, 0.25) is 0 Å². The van der Waals surface area contributed by atoms with E-state index in [9.17, 15) is 5.11 Å². The lowest BCUT2D eigenvalue weighted by Crippen LogP contribution is -2.02. The number of fused-ring (bicyclic) bond motifs is 1. The number of imidazole rings is 1. The third kappa shape index (κ3) is 6.99. The SMILES string of the molecule is [2H]C(C)(C)c1ccc(-c2ccnc(-c3cc(-c4ccccc4)cc(-c4cccc5c4nc(-c4ccccc4O)n5-c4ccc(C([2H])(C)C)cc4-c4ccccc4)c3)c2)cc1. The van der Waals surface area contributed by atoms with Gasteiger partial charge in [-0.2, -0.15) is 0 Å². The molecule has 58 heavy (non-hydrogen) atoms. The normalized spacial score (nSPS) is 12.3. The predicted octanol–water partition coefficient (Wildman–Crippen LogP) is 14.4. The summed E-state index contributed by atoms with van der Waals surface area (Å²) in [6.07, 6.45) is 1.86. The lowest BCUT2D eigenvalue weighted by molar-refractivity contribution is 0.477. The Hall–Kier alpha value is -7.04. The zero-order valence-corrected chi connectivity index (χ0v) is 33.1. The summed E-state index contributed by atoms with van der Waals surface area (Å²) in [5, 5.41) is 11.4. The van der Waals surface area contributed by atoms with E-state index in [4.69, 9.17) is 12.7 Å². The lowest BCUT2D eigenvalue weighted by Gasteiger charge is -2.18. The van der Waals surface area contributed by atoms with Crippen LogP contribution in [-0.4, -0.2) is 19.6 Å². The molecule has 0 radical (unpaired) electrons. The number of rotatable bonds is 9. The predicted molar refractivity (Wildman–Crippen MR) is 241 cm³/mol. The molecule has 0 saturated carbocycles. The summed E-state index contributed by atoms with van der Waals surface area (Å²) < 4.78 is 19.5. The van der Waals surface area contributed by atoms with Gasteiger partial charge in [-0.1, -0.05) is 143 Å². The van der Waals surface area contributed by atoms with Crippen LogP contribution < -0.4 is 0 Å². The zero-order valence-electron chi connectivity index (χ0n) is 35.1. The molecule has 4 heteroatoms. The van der Waals surface area contributed by atoms with Crippen LogP contribution in [0.5, 0.6) is 5.75 Å². The number of hydrogen-bond donors (Lipinski definition) is 1. The first-order chi connectivity index (χ1) is 28.9. The molecule has 0 spiro atoms. The van der Waals surface area contributed by atoms with E-state index in [2.05, 4.69) is 108 Å². The van der Waals surface area contributed by atoms with Gasteiger partial charge in [-0.3, -0.25) is 9.55 Å². The molecule has 7 aromatic carbocycles. The Bertz CT molecular complexity index is 3000. The zero-order chi connectivity index (χ0) is 41.6. The minimum absolute atomic E-state index is 0.137. The standard InChI is InChI=1S/C54H45N3O/c1-35(2)37-22-24-39(25-23-37)42-28-29-55-49(34-42)45-31-43(38-14-7-5-8-15-38)30-44(32-45)46-19-13-20-51-53(46)56-54(47-18-11-12-21-52(47)58)57(51)50-27-26-41(36(3)4)33-48(50)40-16-9-6-10-17-40/h5-36,58H,1-4H3/i35D,36D. The molecule has 0 amide bonds. The van der Waals surface area contributed by atoms with Crippen LogP contribution in [0.4, 0.5) is 0 Å². The highest BCUT2D eigenvalue weighted by Gasteiger charge is 2.23. The van der Waals surface area contributed by atoms with Gasteiger partial charge in [0.05, 0.1) is 28.0 Å². The van der Waals surface area contributed by atoms with Gasteiger partial charge in [-0.25, -0.2) is 4.98 Å². The minimum atomic E-state index is -0.813. The molecule has 0 aliphatic heterocycles. The topological polar surface area (TPSA) is 50.9 Å². The fraction of sp³-hybridized carbons (Fsp3) is 0.111. The number of aromatic nitrogens is 3. The van der Waals surface area contributed by atoms with Crippen molar-refractivity contribution in [2.75, 3.05) is 0 Å². The number of benzene rings is 7. The Morgan fingerprint density at radius 2 is 1.10 bits per heavy atom. The van der Waals surface area contributed by atoms with Crippen molar-refractivity contribution < 1.29 is 7.85 Å². The first-order valence-corrected chi connectivity index (χ1v) is 19.7. The Balaban J connectivity index is 1.27. The van der Waals surface area contributed by atoms with Crippen molar-refractivity contribution in [1.82, 2.24) is 14.5 Å². The molecule has 0 saturated heterocycles. The second-order valence-electron chi connectivity index (χ2n) is 15.2. The van der Waals surface area contributed by atoms with E-state index in [0.29, 0.717) is 11.4 Å². The largest absolute Gasteiger partial charge is 0.507 e. The van der Waals surface area contributed by atoms with E-state index >= 15 is 0 Å². The van der Waals surface area contributed by atoms with Gasteiger partial charge in [0.2, 0.25) is 0 Å².